The van der Waals surface area contributed by atoms with Gasteiger partial charge in [-0.3, -0.25) is 4.79 Å². The lowest BCUT2D eigenvalue weighted by Crippen LogP contribution is -2.03. The van der Waals surface area contributed by atoms with Gasteiger partial charge in [-0.05, 0) is 34.1 Å². The molecule has 0 bridgehead atoms. The van der Waals surface area contributed by atoms with Gasteiger partial charge in [0.2, 0.25) is 4.69 Å². The number of hydrogen-bond acceptors (Lipinski definition) is 2. The van der Waals surface area contributed by atoms with Gasteiger partial charge in [0, 0.05) is 5.02 Å². The fourth-order valence-corrected chi connectivity index (χ4v) is 1.30. The maximum absolute atomic E-state index is 10.5. The summed E-state index contributed by atoms with van der Waals surface area (Å²) in [5, 5.41) is 0.920. The Morgan fingerprint density at radius 2 is 2.15 bits per heavy atom. The first-order valence-electron chi connectivity index (χ1n) is 3.36. The summed E-state index contributed by atoms with van der Waals surface area (Å²) in [5.74, 6) is 0.443. The maximum Gasteiger partial charge on any atom is 0.235 e. The van der Waals surface area contributed by atoms with Gasteiger partial charge >= 0.3 is 0 Å². The standard InChI is InChI=1S/C8H5BrCl2O2/c9-8(12)4-13-7-2-1-5(10)3-6(7)11/h1-3H,4H2. The second-order valence-electron chi connectivity index (χ2n) is 2.22. The average molecular weight is 284 g/mol. The molecule has 5 heteroatoms. The SMILES string of the molecule is O=C(Br)COc1ccc(Cl)cc1Cl. The fourth-order valence-electron chi connectivity index (χ4n) is 0.727. The summed E-state index contributed by atoms with van der Waals surface area (Å²) < 4.78 is 4.83. The summed E-state index contributed by atoms with van der Waals surface area (Å²) in [6.07, 6.45) is 0. The van der Waals surface area contributed by atoms with Crippen molar-refractivity contribution in [3.8, 4) is 5.75 Å². The third-order valence-electron chi connectivity index (χ3n) is 1.24. The van der Waals surface area contributed by atoms with Crippen LogP contribution in [0.15, 0.2) is 18.2 Å². The average Bonchev–Trinajstić information content (AvgIpc) is 2.02. The summed E-state index contributed by atoms with van der Waals surface area (Å²) in [4.78, 5) is 10.5. The number of hydrogen-bond donors (Lipinski definition) is 0. The summed E-state index contributed by atoms with van der Waals surface area (Å²) >= 11 is 14.2. The largest absolute Gasteiger partial charge is 0.483 e. The summed E-state index contributed by atoms with van der Waals surface area (Å²) in [7, 11) is 0. The van der Waals surface area contributed by atoms with Crippen molar-refractivity contribution >= 4 is 43.8 Å². The summed E-state index contributed by atoms with van der Waals surface area (Å²) in [5.41, 5.74) is 0. The molecule has 0 unspecified atom stereocenters. The number of rotatable bonds is 3. The predicted octanol–water partition coefficient (Wildman–Crippen LogP) is 3.29. The van der Waals surface area contributed by atoms with Crippen LogP contribution >= 0.6 is 39.1 Å². The molecule has 0 amide bonds. The minimum atomic E-state index is -0.237. The molecule has 0 N–H and O–H groups in total. The van der Waals surface area contributed by atoms with E-state index in [4.69, 9.17) is 27.9 Å². The van der Waals surface area contributed by atoms with Gasteiger partial charge in [-0.1, -0.05) is 23.2 Å². The highest BCUT2D eigenvalue weighted by molar-refractivity contribution is 9.18. The highest BCUT2D eigenvalue weighted by Gasteiger charge is 2.03. The van der Waals surface area contributed by atoms with E-state index in [-0.39, 0.29) is 11.3 Å². The molecule has 13 heavy (non-hydrogen) atoms. The number of halogens is 3. The third-order valence-corrected chi connectivity index (χ3v) is 1.99. The predicted molar refractivity (Wildman–Crippen MR) is 55.9 cm³/mol. The number of carbonyl (C=O) groups excluding carboxylic acids is 1. The van der Waals surface area contributed by atoms with Gasteiger partial charge in [-0.2, -0.15) is 0 Å². The minimum Gasteiger partial charge on any atom is -0.483 e. The van der Waals surface area contributed by atoms with Gasteiger partial charge in [0.25, 0.3) is 0 Å². The Labute approximate surface area is 93.9 Å². The molecule has 0 atom stereocenters. The van der Waals surface area contributed by atoms with E-state index in [0.717, 1.165) is 0 Å². The Kier molecular flexibility index (Phi) is 4.03. The first kappa shape index (κ1) is 10.8. The van der Waals surface area contributed by atoms with Crippen LogP contribution in [0.1, 0.15) is 0 Å². The van der Waals surface area contributed by atoms with Crippen LogP contribution in [0.3, 0.4) is 0 Å². The summed E-state index contributed by atoms with van der Waals surface area (Å²) in [6.45, 7) is -0.0542. The van der Waals surface area contributed by atoms with E-state index in [0.29, 0.717) is 15.8 Å². The van der Waals surface area contributed by atoms with Gasteiger partial charge in [-0.25, -0.2) is 0 Å². The molecule has 0 saturated heterocycles. The molecule has 0 aliphatic carbocycles. The van der Waals surface area contributed by atoms with E-state index in [1.165, 1.54) is 0 Å². The van der Waals surface area contributed by atoms with Gasteiger partial charge in [0.15, 0.2) is 6.61 Å². The van der Waals surface area contributed by atoms with Crippen molar-refractivity contribution in [1.82, 2.24) is 0 Å². The highest BCUT2D eigenvalue weighted by Crippen LogP contribution is 2.27. The van der Waals surface area contributed by atoms with Crippen molar-refractivity contribution in [1.29, 1.82) is 0 Å². The maximum atomic E-state index is 10.5. The lowest BCUT2D eigenvalue weighted by atomic mass is 10.3. The van der Waals surface area contributed by atoms with E-state index >= 15 is 0 Å². The first-order chi connectivity index (χ1) is 6.09. The molecule has 1 rings (SSSR count). The van der Waals surface area contributed by atoms with Crippen LogP contribution < -0.4 is 4.74 Å². The van der Waals surface area contributed by atoms with Crippen molar-refractivity contribution in [3.63, 3.8) is 0 Å². The molecule has 0 aliphatic heterocycles. The molecule has 0 spiro atoms. The zero-order valence-corrected chi connectivity index (χ0v) is 9.49. The molecule has 0 aromatic heterocycles. The van der Waals surface area contributed by atoms with E-state index in [9.17, 15) is 4.79 Å². The lowest BCUT2D eigenvalue weighted by molar-refractivity contribution is -0.112. The fraction of sp³-hybridized carbons (Fsp3) is 0.125. The van der Waals surface area contributed by atoms with E-state index in [1.807, 2.05) is 0 Å². The number of ether oxygens (including phenoxy) is 1. The molecule has 1 aromatic rings. The van der Waals surface area contributed by atoms with Gasteiger partial charge in [0.1, 0.15) is 5.75 Å². The van der Waals surface area contributed by atoms with Crippen molar-refractivity contribution in [2.75, 3.05) is 6.61 Å². The summed E-state index contributed by atoms with van der Waals surface area (Å²) in [6, 6.07) is 4.80. The Balaban J connectivity index is 2.72. The monoisotopic (exact) mass is 282 g/mol. The highest BCUT2D eigenvalue weighted by atomic mass is 79.9. The smallest absolute Gasteiger partial charge is 0.235 e. The van der Waals surface area contributed by atoms with Crippen LogP contribution in [0, 0.1) is 0 Å². The molecule has 1 aromatic carbocycles. The molecular weight excluding hydrogens is 279 g/mol. The molecular formula is C8H5BrCl2O2. The van der Waals surface area contributed by atoms with E-state index in [2.05, 4.69) is 15.9 Å². The van der Waals surface area contributed by atoms with Gasteiger partial charge in [0.05, 0.1) is 5.02 Å². The van der Waals surface area contributed by atoms with Crippen LogP contribution in [0.5, 0.6) is 5.75 Å². The molecule has 0 aliphatic rings. The molecule has 0 radical (unpaired) electrons. The quantitative estimate of drug-likeness (QED) is 0.796. The van der Waals surface area contributed by atoms with Crippen molar-refractivity contribution < 1.29 is 9.53 Å². The van der Waals surface area contributed by atoms with Crippen LogP contribution in [0.2, 0.25) is 10.0 Å². The molecule has 0 saturated carbocycles. The second-order valence-corrected chi connectivity index (χ2v) is 3.95. The van der Waals surface area contributed by atoms with Gasteiger partial charge < -0.3 is 4.74 Å². The molecule has 0 heterocycles. The topological polar surface area (TPSA) is 26.3 Å². The van der Waals surface area contributed by atoms with Crippen LogP contribution in [-0.4, -0.2) is 11.3 Å². The first-order valence-corrected chi connectivity index (χ1v) is 4.90. The second kappa shape index (κ2) is 4.84. The zero-order valence-electron chi connectivity index (χ0n) is 6.39. The molecule has 70 valence electrons. The lowest BCUT2D eigenvalue weighted by Gasteiger charge is -2.04. The van der Waals surface area contributed by atoms with Crippen molar-refractivity contribution in [2.45, 2.75) is 0 Å². The zero-order chi connectivity index (χ0) is 9.84. The van der Waals surface area contributed by atoms with Crippen LogP contribution in [0.4, 0.5) is 0 Å². The van der Waals surface area contributed by atoms with E-state index < -0.39 is 0 Å². The van der Waals surface area contributed by atoms with E-state index in [1.54, 1.807) is 18.2 Å². The minimum absolute atomic E-state index is 0.0542. The Hall–Kier alpha value is -0.250. The molecule has 2 nitrogen and oxygen atoms in total. The molecule has 0 fully saturated rings. The van der Waals surface area contributed by atoms with Gasteiger partial charge in [-0.15, -0.1) is 0 Å². The normalized spacial score (nSPS) is 9.77. The van der Waals surface area contributed by atoms with Crippen LogP contribution in [0.25, 0.3) is 0 Å². The number of benzene rings is 1. The Morgan fingerprint density at radius 3 is 2.69 bits per heavy atom. The third kappa shape index (κ3) is 3.55. The van der Waals surface area contributed by atoms with Crippen LogP contribution in [-0.2, 0) is 4.79 Å². The Bertz CT molecular complexity index is 328. The van der Waals surface area contributed by atoms with Crippen molar-refractivity contribution in [2.24, 2.45) is 0 Å². The Morgan fingerprint density at radius 1 is 1.46 bits per heavy atom. The number of carbonyl (C=O) groups is 1. The van der Waals surface area contributed by atoms with Crippen molar-refractivity contribution in [3.05, 3.63) is 28.2 Å².